The maximum absolute atomic E-state index is 13.3. The lowest BCUT2D eigenvalue weighted by Crippen LogP contribution is -2.36. The predicted molar refractivity (Wildman–Crippen MR) is 94.7 cm³/mol. The summed E-state index contributed by atoms with van der Waals surface area (Å²) in [6, 6.07) is 3.67. The van der Waals surface area contributed by atoms with Gasteiger partial charge in [0.15, 0.2) is 0 Å². The molecule has 0 unspecified atom stereocenters. The molecular weight excluding hydrogens is 355 g/mol. The summed E-state index contributed by atoms with van der Waals surface area (Å²) >= 11 is 0. The molecule has 0 aliphatic heterocycles. The SMILES string of the molecule is Cc1ncn(CC(=O)NCCn2nnc3ccc(F)cc3c2=O)c(=O)c1C. The average Bonchev–Trinajstić information content (AvgIpc) is 2.64. The van der Waals surface area contributed by atoms with Gasteiger partial charge in [0.2, 0.25) is 5.91 Å². The molecule has 140 valence electrons. The molecule has 0 fully saturated rings. The monoisotopic (exact) mass is 372 g/mol. The Bertz CT molecular complexity index is 1140. The van der Waals surface area contributed by atoms with Crippen LogP contribution in [-0.4, -0.2) is 37.0 Å². The molecule has 3 aromatic rings. The molecule has 1 aromatic carbocycles. The van der Waals surface area contributed by atoms with Crippen LogP contribution < -0.4 is 16.4 Å². The topological polar surface area (TPSA) is 112 Å². The van der Waals surface area contributed by atoms with Gasteiger partial charge in [-0.2, -0.15) is 0 Å². The highest BCUT2D eigenvalue weighted by atomic mass is 19.1. The third-order valence-electron chi connectivity index (χ3n) is 4.16. The van der Waals surface area contributed by atoms with Crippen LogP contribution in [0, 0.1) is 19.7 Å². The summed E-state index contributed by atoms with van der Waals surface area (Å²) in [5, 5.41) is 10.3. The summed E-state index contributed by atoms with van der Waals surface area (Å²) in [4.78, 5) is 40.4. The first-order valence-electron chi connectivity index (χ1n) is 8.19. The van der Waals surface area contributed by atoms with Crippen molar-refractivity contribution >= 4 is 16.8 Å². The number of nitrogens with one attached hydrogen (secondary N) is 1. The van der Waals surface area contributed by atoms with Crippen molar-refractivity contribution in [2.24, 2.45) is 0 Å². The molecule has 9 nitrogen and oxygen atoms in total. The van der Waals surface area contributed by atoms with Crippen molar-refractivity contribution in [3.63, 3.8) is 0 Å². The lowest BCUT2D eigenvalue weighted by Gasteiger charge is -2.09. The fourth-order valence-electron chi connectivity index (χ4n) is 2.50. The van der Waals surface area contributed by atoms with Gasteiger partial charge >= 0.3 is 0 Å². The second kappa shape index (κ2) is 7.44. The molecule has 0 bridgehead atoms. The normalized spacial score (nSPS) is 10.9. The minimum Gasteiger partial charge on any atom is -0.353 e. The summed E-state index contributed by atoms with van der Waals surface area (Å²) in [7, 11) is 0. The zero-order chi connectivity index (χ0) is 19.6. The summed E-state index contributed by atoms with van der Waals surface area (Å²) in [5.41, 5.74) is 0.612. The summed E-state index contributed by atoms with van der Waals surface area (Å²) in [5.74, 6) is -0.949. The van der Waals surface area contributed by atoms with Crippen LogP contribution in [0.15, 0.2) is 34.1 Å². The molecule has 1 amide bonds. The van der Waals surface area contributed by atoms with E-state index in [4.69, 9.17) is 0 Å². The predicted octanol–water partition coefficient (Wildman–Crippen LogP) is -0.0795. The molecule has 1 N–H and O–H groups in total. The Balaban J connectivity index is 1.65. The van der Waals surface area contributed by atoms with Gasteiger partial charge in [0.1, 0.15) is 17.9 Å². The number of aromatic nitrogens is 5. The first kappa shape index (κ1) is 18.4. The van der Waals surface area contributed by atoms with Gasteiger partial charge in [0.25, 0.3) is 11.1 Å². The van der Waals surface area contributed by atoms with Crippen LogP contribution in [0.1, 0.15) is 11.3 Å². The molecule has 3 rings (SSSR count). The molecule has 10 heteroatoms. The molecule has 27 heavy (non-hydrogen) atoms. The van der Waals surface area contributed by atoms with Gasteiger partial charge in [-0.1, -0.05) is 5.21 Å². The Hall–Kier alpha value is -3.43. The number of carbonyl (C=O) groups is 1. The lowest BCUT2D eigenvalue weighted by atomic mass is 10.2. The zero-order valence-corrected chi connectivity index (χ0v) is 14.8. The van der Waals surface area contributed by atoms with Crippen molar-refractivity contribution in [2.75, 3.05) is 6.54 Å². The quantitative estimate of drug-likeness (QED) is 0.671. The van der Waals surface area contributed by atoms with Crippen molar-refractivity contribution in [2.45, 2.75) is 26.9 Å². The van der Waals surface area contributed by atoms with Crippen LogP contribution in [0.3, 0.4) is 0 Å². The summed E-state index contributed by atoms with van der Waals surface area (Å²) in [6.07, 6.45) is 1.32. The third kappa shape index (κ3) is 3.89. The summed E-state index contributed by atoms with van der Waals surface area (Å²) < 4.78 is 15.6. The van der Waals surface area contributed by atoms with E-state index in [1.807, 2.05) is 0 Å². The molecule has 0 atom stereocenters. The van der Waals surface area contributed by atoms with E-state index in [1.165, 1.54) is 23.0 Å². The number of aryl methyl sites for hydroxylation is 1. The fourth-order valence-corrected chi connectivity index (χ4v) is 2.50. The second-order valence-corrected chi connectivity index (χ2v) is 6.02. The maximum atomic E-state index is 13.3. The Morgan fingerprint density at radius 3 is 2.78 bits per heavy atom. The number of hydrogen-bond acceptors (Lipinski definition) is 6. The molecule has 2 heterocycles. The van der Waals surface area contributed by atoms with Crippen LogP contribution >= 0.6 is 0 Å². The Kier molecular flexibility index (Phi) is 5.06. The van der Waals surface area contributed by atoms with Crippen molar-refractivity contribution < 1.29 is 9.18 Å². The average molecular weight is 372 g/mol. The van der Waals surface area contributed by atoms with Crippen molar-refractivity contribution in [3.8, 4) is 0 Å². The number of hydrogen-bond donors (Lipinski definition) is 1. The van der Waals surface area contributed by atoms with Crippen LogP contribution in [0.2, 0.25) is 0 Å². The minimum atomic E-state index is -0.542. The largest absolute Gasteiger partial charge is 0.353 e. The number of fused-ring (bicyclic) bond motifs is 1. The number of carbonyl (C=O) groups excluding carboxylic acids is 1. The number of rotatable bonds is 5. The highest BCUT2D eigenvalue weighted by Crippen LogP contribution is 2.07. The first-order chi connectivity index (χ1) is 12.9. The highest BCUT2D eigenvalue weighted by molar-refractivity contribution is 5.77. The standard InChI is InChI=1S/C17H17FN6O3/c1-10-11(2)20-9-23(16(10)26)8-15(25)19-5-6-24-17(27)13-7-12(18)3-4-14(13)21-22-24/h3-4,7,9H,5-6,8H2,1-2H3,(H,19,25). The smallest absolute Gasteiger partial charge is 0.277 e. The Morgan fingerprint density at radius 1 is 1.22 bits per heavy atom. The van der Waals surface area contributed by atoms with Crippen LogP contribution in [0.4, 0.5) is 4.39 Å². The molecule has 0 aliphatic carbocycles. The molecule has 0 saturated carbocycles. The van der Waals surface area contributed by atoms with Gasteiger partial charge in [0, 0.05) is 17.8 Å². The number of amides is 1. The van der Waals surface area contributed by atoms with E-state index in [0.29, 0.717) is 16.8 Å². The van der Waals surface area contributed by atoms with E-state index in [2.05, 4.69) is 20.6 Å². The van der Waals surface area contributed by atoms with E-state index in [-0.39, 0.29) is 30.6 Å². The van der Waals surface area contributed by atoms with Crippen LogP contribution in [0.25, 0.3) is 10.9 Å². The van der Waals surface area contributed by atoms with Crippen molar-refractivity contribution in [1.82, 2.24) is 29.9 Å². The minimum absolute atomic E-state index is 0.0596. The van der Waals surface area contributed by atoms with E-state index >= 15 is 0 Å². The van der Waals surface area contributed by atoms with Gasteiger partial charge < -0.3 is 5.32 Å². The van der Waals surface area contributed by atoms with Gasteiger partial charge in [-0.05, 0) is 32.0 Å². The first-order valence-corrected chi connectivity index (χ1v) is 8.19. The zero-order valence-electron chi connectivity index (χ0n) is 14.8. The van der Waals surface area contributed by atoms with E-state index < -0.39 is 17.3 Å². The van der Waals surface area contributed by atoms with Gasteiger partial charge in [-0.25, -0.2) is 14.1 Å². The van der Waals surface area contributed by atoms with Crippen LogP contribution in [0.5, 0.6) is 0 Å². The van der Waals surface area contributed by atoms with Crippen molar-refractivity contribution in [1.29, 1.82) is 0 Å². The Labute approximate surface area is 152 Å². The second-order valence-electron chi connectivity index (χ2n) is 6.02. The van der Waals surface area contributed by atoms with Crippen LogP contribution in [-0.2, 0) is 17.9 Å². The molecular formula is C17H17FN6O3. The molecule has 0 aliphatic rings. The summed E-state index contributed by atoms with van der Waals surface area (Å²) in [6.45, 7) is 3.34. The van der Waals surface area contributed by atoms with Gasteiger partial charge in [-0.15, -0.1) is 5.10 Å². The number of halogens is 1. The highest BCUT2D eigenvalue weighted by Gasteiger charge is 2.10. The number of nitrogens with zero attached hydrogens (tertiary/aromatic N) is 5. The van der Waals surface area contributed by atoms with E-state index in [0.717, 1.165) is 10.7 Å². The Morgan fingerprint density at radius 2 is 2.00 bits per heavy atom. The van der Waals surface area contributed by atoms with Crippen molar-refractivity contribution in [3.05, 3.63) is 62.3 Å². The lowest BCUT2D eigenvalue weighted by molar-refractivity contribution is -0.121. The van der Waals surface area contributed by atoms with E-state index in [1.54, 1.807) is 13.8 Å². The van der Waals surface area contributed by atoms with Gasteiger partial charge in [-0.3, -0.25) is 19.0 Å². The molecule has 0 saturated heterocycles. The molecule has 0 radical (unpaired) electrons. The maximum Gasteiger partial charge on any atom is 0.277 e. The van der Waals surface area contributed by atoms with E-state index in [9.17, 15) is 18.8 Å². The fraction of sp³-hybridized carbons (Fsp3) is 0.294. The third-order valence-corrected chi connectivity index (χ3v) is 4.16. The van der Waals surface area contributed by atoms with Gasteiger partial charge in [0.05, 0.1) is 18.3 Å². The number of benzene rings is 1. The molecule has 0 spiro atoms. The molecule has 2 aromatic heterocycles.